The summed E-state index contributed by atoms with van der Waals surface area (Å²) in [6.45, 7) is 2.06. The van der Waals surface area contributed by atoms with Crippen LogP contribution in [0.2, 0.25) is 0 Å². The normalized spacial score (nSPS) is 27.2. The molecular formula is C9H14O3. The van der Waals surface area contributed by atoms with Crippen molar-refractivity contribution >= 4 is 5.97 Å². The van der Waals surface area contributed by atoms with Crippen molar-refractivity contribution in [2.24, 2.45) is 0 Å². The van der Waals surface area contributed by atoms with E-state index in [4.69, 9.17) is 9.84 Å². The maximum Gasteiger partial charge on any atom is 0.337 e. The van der Waals surface area contributed by atoms with Crippen molar-refractivity contribution in [1.82, 2.24) is 0 Å². The number of aliphatic hydroxyl groups is 1. The Morgan fingerprint density at radius 2 is 2.50 bits per heavy atom. The van der Waals surface area contributed by atoms with Crippen molar-refractivity contribution in [1.29, 1.82) is 0 Å². The van der Waals surface area contributed by atoms with Gasteiger partial charge in [0.15, 0.2) is 0 Å². The third kappa shape index (κ3) is 2.00. The molecule has 0 aromatic carbocycles. The number of carbonyl (C=O) groups excluding carboxylic acids is 1. The van der Waals surface area contributed by atoms with Crippen LogP contribution in [0.3, 0.4) is 0 Å². The monoisotopic (exact) mass is 170 g/mol. The van der Waals surface area contributed by atoms with Gasteiger partial charge in [0, 0.05) is 0 Å². The van der Waals surface area contributed by atoms with Crippen LogP contribution in [-0.2, 0) is 9.53 Å². The van der Waals surface area contributed by atoms with Gasteiger partial charge in [-0.05, 0) is 19.3 Å². The molecule has 1 aliphatic heterocycles. The molecule has 1 saturated heterocycles. The molecule has 0 saturated carbocycles. The fourth-order valence-electron chi connectivity index (χ4n) is 1.35. The number of aliphatic hydroxyl groups excluding tert-OH is 1. The highest BCUT2D eigenvalue weighted by atomic mass is 16.5. The lowest BCUT2D eigenvalue weighted by molar-refractivity contribution is -0.148. The van der Waals surface area contributed by atoms with E-state index in [1.165, 1.54) is 0 Å². The zero-order valence-electron chi connectivity index (χ0n) is 7.25. The number of esters is 1. The van der Waals surface area contributed by atoms with Gasteiger partial charge in [0.2, 0.25) is 0 Å². The van der Waals surface area contributed by atoms with Gasteiger partial charge in [0.1, 0.15) is 6.10 Å². The highest BCUT2D eigenvalue weighted by Crippen LogP contribution is 2.21. The van der Waals surface area contributed by atoms with Gasteiger partial charge in [0.25, 0.3) is 0 Å². The molecule has 1 fully saturated rings. The van der Waals surface area contributed by atoms with Crippen LogP contribution in [0.5, 0.6) is 0 Å². The Morgan fingerprint density at radius 1 is 1.75 bits per heavy atom. The van der Waals surface area contributed by atoms with Crippen LogP contribution in [0.4, 0.5) is 0 Å². The lowest BCUT2D eigenvalue weighted by Gasteiger charge is -2.22. The predicted octanol–water partition coefficient (Wildman–Crippen LogP) is 1.93. The van der Waals surface area contributed by atoms with E-state index >= 15 is 0 Å². The summed E-state index contributed by atoms with van der Waals surface area (Å²) in [5.74, 6) is -0.359. The van der Waals surface area contributed by atoms with E-state index in [-0.39, 0.29) is 12.1 Å². The van der Waals surface area contributed by atoms with Crippen LogP contribution in [0, 0.1) is 0 Å². The predicted molar refractivity (Wildman–Crippen MR) is 44.7 cm³/mol. The Morgan fingerprint density at radius 3 is 3.00 bits per heavy atom. The van der Waals surface area contributed by atoms with Crippen LogP contribution >= 0.6 is 0 Å². The van der Waals surface area contributed by atoms with Gasteiger partial charge in [-0.3, -0.25) is 0 Å². The number of hydrogen-bond acceptors (Lipinski definition) is 3. The lowest BCUT2D eigenvalue weighted by atomic mass is 10.0. The Hall–Kier alpha value is -0.990. The van der Waals surface area contributed by atoms with E-state index in [2.05, 4.69) is 6.92 Å². The minimum atomic E-state index is -0.359. The molecule has 3 nitrogen and oxygen atoms in total. The molecule has 1 aliphatic rings. The average molecular weight is 170 g/mol. The van der Waals surface area contributed by atoms with Gasteiger partial charge >= 0.3 is 5.97 Å². The van der Waals surface area contributed by atoms with Crippen LogP contribution in [0.15, 0.2) is 11.8 Å². The van der Waals surface area contributed by atoms with E-state index in [9.17, 15) is 4.79 Å². The summed E-state index contributed by atoms with van der Waals surface area (Å²) in [6, 6.07) is 0. The van der Waals surface area contributed by atoms with Crippen LogP contribution in [0.1, 0.15) is 32.6 Å². The zero-order valence-corrected chi connectivity index (χ0v) is 7.25. The molecule has 1 heterocycles. The zero-order chi connectivity index (χ0) is 8.97. The van der Waals surface area contributed by atoms with E-state index in [0.29, 0.717) is 12.0 Å². The summed E-state index contributed by atoms with van der Waals surface area (Å²) in [7, 11) is 0. The lowest BCUT2D eigenvalue weighted by Crippen LogP contribution is -2.25. The van der Waals surface area contributed by atoms with E-state index in [1.54, 1.807) is 0 Å². The average Bonchev–Trinajstić information content (AvgIpc) is 2.05. The minimum Gasteiger partial charge on any atom is -0.515 e. The second-order valence-electron chi connectivity index (χ2n) is 3.01. The first-order chi connectivity index (χ1) is 5.77. The maximum absolute atomic E-state index is 11.1. The number of hydrogen-bond donors (Lipinski definition) is 1. The topological polar surface area (TPSA) is 46.5 Å². The summed E-state index contributed by atoms with van der Waals surface area (Å²) < 4.78 is 5.06. The van der Waals surface area contributed by atoms with Gasteiger partial charge in [0.05, 0.1) is 11.8 Å². The van der Waals surface area contributed by atoms with Gasteiger partial charge < -0.3 is 9.84 Å². The number of carbonyl (C=O) groups is 1. The van der Waals surface area contributed by atoms with Crippen molar-refractivity contribution in [3.63, 3.8) is 0 Å². The minimum absolute atomic E-state index is 0.0613. The number of ether oxygens (including phenoxy) is 1. The quantitative estimate of drug-likeness (QED) is 0.391. The Balaban J connectivity index is 2.46. The second-order valence-corrected chi connectivity index (χ2v) is 3.01. The third-order valence-corrected chi connectivity index (χ3v) is 2.04. The van der Waals surface area contributed by atoms with Gasteiger partial charge in [-0.2, -0.15) is 0 Å². The molecule has 0 aromatic rings. The summed E-state index contributed by atoms with van der Waals surface area (Å²) in [6.07, 6.45) is 4.34. The molecule has 1 atom stereocenters. The van der Waals surface area contributed by atoms with E-state index in [0.717, 1.165) is 25.5 Å². The summed E-state index contributed by atoms with van der Waals surface area (Å²) in [4.78, 5) is 11.1. The third-order valence-electron chi connectivity index (χ3n) is 2.04. The molecule has 0 bridgehead atoms. The summed E-state index contributed by atoms with van der Waals surface area (Å²) >= 11 is 0. The molecule has 0 spiro atoms. The Labute approximate surface area is 72.0 Å². The molecule has 0 aromatic heterocycles. The molecule has 3 heteroatoms. The van der Waals surface area contributed by atoms with Crippen molar-refractivity contribution in [3.8, 4) is 0 Å². The van der Waals surface area contributed by atoms with Crippen LogP contribution in [0.25, 0.3) is 0 Å². The highest BCUT2D eigenvalue weighted by Gasteiger charge is 2.23. The Kier molecular flexibility index (Phi) is 3.14. The highest BCUT2D eigenvalue weighted by molar-refractivity contribution is 5.88. The van der Waals surface area contributed by atoms with Gasteiger partial charge in [-0.15, -0.1) is 0 Å². The van der Waals surface area contributed by atoms with Crippen LogP contribution < -0.4 is 0 Å². The van der Waals surface area contributed by atoms with Gasteiger partial charge in [-0.25, -0.2) is 4.79 Å². The number of rotatable bonds is 2. The fraction of sp³-hybridized carbons (Fsp3) is 0.667. The largest absolute Gasteiger partial charge is 0.515 e. The van der Waals surface area contributed by atoms with Crippen molar-refractivity contribution in [3.05, 3.63) is 11.8 Å². The molecule has 68 valence electrons. The maximum atomic E-state index is 11.1. The summed E-state index contributed by atoms with van der Waals surface area (Å²) in [5.41, 5.74) is 0.391. The SMILES string of the molecule is CCCC1CC/C(=C\O)C(=O)O1. The van der Waals surface area contributed by atoms with E-state index in [1.807, 2.05) is 0 Å². The molecule has 12 heavy (non-hydrogen) atoms. The molecule has 1 unspecified atom stereocenters. The van der Waals surface area contributed by atoms with Crippen molar-refractivity contribution < 1.29 is 14.6 Å². The standard InChI is InChI=1S/C9H14O3/c1-2-3-8-5-4-7(6-10)9(11)12-8/h6,8,10H,2-5H2,1H3/b7-6+. The molecule has 0 aliphatic carbocycles. The first-order valence-corrected chi connectivity index (χ1v) is 4.32. The first-order valence-electron chi connectivity index (χ1n) is 4.32. The van der Waals surface area contributed by atoms with Crippen molar-refractivity contribution in [2.45, 2.75) is 38.7 Å². The molecule has 1 rings (SSSR count). The Bertz CT molecular complexity index is 196. The van der Waals surface area contributed by atoms with Gasteiger partial charge in [-0.1, -0.05) is 13.3 Å². The number of cyclic esters (lactones) is 1. The van der Waals surface area contributed by atoms with Crippen LogP contribution in [-0.4, -0.2) is 17.2 Å². The molecule has 1 N–H and O–H groups in total. The molecule has 0 radical (unpaired) electrons. The second kappa shape index (κ2) is 4.14. The molecule has 0 amide bonds. The fourth-order valence-corrected chi connectivity index (χ4v) is 1.35. The van der Waals surface area contributed by atoms with E-state index < -0.39 is 0 Å². The summed E-state index contributed by atoms with van der Waals surface area (Å²) in [5, 5.41) is 8.61. The molecular weight excluding hydrogens is 156 g/mol. The first kappa shape index (κ1) is 9.10. The smallest absolute Gasteiger partial charge is 0.337 e. The van der Waals surface area contributed by atoms with Crippen molar-refractivity contribution in [2.75, 3.05) is 0 Å².